The Morgan fingerprint density at radius 2 is 0.576 bits per heavy atom. The largest absolute Gasteiger partial charge is 0.0877 e. The van der Waals surface area contributed by atoms with Crippen LogP contribution >= 0.6 is 0 Å². The van der Waals surface area contributed by atoms with Gasteiger partial charge in [-0.2, -0.15) is 0 Å². The molecule has 14 aliphatic carbocycles. The summed E-state index contributed by atoms with van der Waals surface area (Å²) in [5.74, 6) is 9.03. The van der Waals surface area contributed by atoms with Gasteiger partial charge in [0.2, 0.25) is 0 Å². The Kier molecular flexibility index (Phi) is 28.6. The minimum Gasteiger partial charge on any atom is -0.0877 e. The third kappa shape index (κ3) is 22.1. The third-order valence-electron chi connectivity index (χ3n) is 26.7. The molecule has 0 amide bonds. The second-order valence-electron chi connectivity index (χ2n) is 36.2. The zero-order chi connectivity index (χ0) is 65.9. The maximum atomic E-state index is 2.70. The van der Waals surface area contributed by atoms with Gasteiger partial charge in [0.25, 0.3) is 0 Å². The Morgan fingerprint density at radius 1 is 0.250 bits per heavy atom. The highest BCUT2D eigenvalue weighted by Gasteiger charge is 2.42. The first-order chi connectivity index (χ1) is 44.0. The summed E-state index contributed by atoms with van der Waals surface area (Å²) in [6, 6.07) is 0. The Labute approximate surface area is 572 Å². The number of rotatable bonds is 7. The van der Waals surface area contributed by atoms with Crippen LogP contribution in [0, 0.1) is 103 Å². The summed E-state index contributed by atoms with van der Waals surface area (Å²) >= 11 is 0. The van der Waals surface area contributed by atoms with E-state index in [9.17, 15) is 0 Å². The van der Waals surface area contributed by atoms with Crippen molar-refractivity contribution in [2.75, 3.05) is 0 Å². The molecule has 0 radical (unpaired) electrons. The van der Waals surface area contributed by atoms with E-state index in [0.29, 0.717) is 37.9 Å². The quantitative estimate of drug-likeness (QED) is 0.223. The van der Waals surface area contributed by atoms with Crippen LogP contribution in [0.2, 0.25) is 0 Å². The van der Waals surface area contributed by atoms with Crippen molar-refractivity contribution < 1.29 is 0 Å². The van der Waals surface area contributed by atoms with Gasteiger partial charge in [0.15, 0.2) is 0 Å². The van der Waals surface area contributed by atoms with Gasteiger partial charge in [-0.3, -0.25) is 0 Å². The molecule has 14 aliphatic rings. The molecule has 0 nitrogen and oxygen atoms in total. The molecule has 0 heterocycles. The Hall–Kier alpha value is -2.86. The van der Waals surface area contributed by atoms with E-state index >= 15 is 0 Å². The van der Waals surface area contributed by atoms with Crippen molar-refractivity contribution in [2.45, 2.75) is 341 Å². The van der Waals surface area contributed by atoms with Crippen LogP contribution in [0.15, 0.2) is 132 Å². The molecule has 0 saturated heterocycles. The maximum absolute atomic E-state index is 2.70. The van der Waals surface area contributed by atoms with E-state index in [1.54, 1.807) is 16.7 Å². The lowest BCUT2D eigenvalue weighted by Gasteiger charge is -2.43. The Morgan fingerprint density at radius 3 is 0.913 bits per heavy atom. The van der Waals surface area contributed by atoms with Crippen LogP contribution in [0.3, 0.4) is 0 Å². The van der Waals surface area contributed by atoms with Crippen LogP contribution < -0.4 is 0 Å². The smallest absolute Gasteiger partial charge is 0.00667 e. The van der Waals surface area contributed by atoms with Crippen LogP contribution in [0.25, 0.3) is 0 Å². The van der Waals surface area contributed by atoms with E-state index < -0.39 is 0 Å². The predicted molar refractivity (Wildman–Crippen MR) is 408 cm³/mol. The van der Waals surface area contributed by atoms with E-state index in [2.05, 4.69) is 212 Å². The minimum atomic E-state index is 0.462. The monoisotopic (exact) mass is 1250 g/mol. The third-order valence-corrected chi connectivity index (χ3v) is 26.7. The van der Waals surface area contributed by atoms with Gasteiger partial charge in [-0.15, -0.1) is 0 Å². The molecule has 0 aromatic carbocycles. The average Bonchev–Trinajstić information content (AvgIpc) is 1.32. The van der Waals surface area contributed by atoms with Gasteiger partial charge in [-0.1, -0.05) is 261 Å². The molecular formula is C92H148. The zero-order valence-corrected chi connectivity index (χ0v) is 63.2. The van der Waals surface area contributed by atoms with Crippen molar-refractivity contribution in [1.82, 2.24) is 0 Å². The highest BCUT2D eigenvalue weighted by Crippen LogP contribution is 2.55. The summed E-state index contributed by atoms with van der Waals surface area (Å²) in [5.41, 5.74) is 9.07. The second-order valence-corrected chi connectivity index (χ2v) is 36.2. The molecule has 0 aromatic rings. The van der Waals surface area contributed by atoms with Crippen molar-refractivity contribution in [3.63, 3.8) is 0 Å². The maximum Gasteiger partial charge on any atom is 0.00667 e. The fraction of sp³-hybridized carbons (Fsp3) is 0.761. The molecule has 0 aliphatic heterocycles. The fourth-order valence-electron chi connectivity index (χ4n) is 19.0. The molecule has 14 rings (SSSR count). The summed E-state index contributed by atoms with van der Waals surface area (Å²) in [5, 5.41) is 0. The summed E-state index contributed by atoms with van der Waals surface area (Å²) in [6.45, 7) is 32.7. The van der Waals surface area contributed by atoms with E-state index in [-0.39, 0.29) is 0 Å². The van der Waals surface area contributed by atoms with Crippen LogP contribution in [-0.2, 0) is 0 Å². The number of hydrogen-bond acceptors (Lipinski definition) is 0. The molecule has 0 aromatic heterocycles. The molecule has 3 saturated carbocycles. The molecule has 92 heavy (non-hydrogen) atoms. The van der Waals surface area contributed by atoms with Gasteiger partial charge in [0, 0.05) is 21.7 Å². The summed E-state index contributed by atoms with van der Waals surface area (Å²) in [6.07, 6.45) is 101. The van der Waals surface area contributed by atoms with Crippen LogP contribution in [-0.4, -0.2) is 0 Å². The molecule has 516 valence electrons. The van der Waals surface area contributed by atoms with E-state index in [1.807, 2.05) is 0 Å². The number of hydrogen-bond donors (Lipinski definition) is 0. The highest BCUT2D eigenvalue weighted by molar-refractivity contribution is 5.26. The molecule has 3 fully saturated rings. The lowest BCUT2D eigenvalue weighted by Crippen LogP contribution is -2.31. The summed E-state index contributed by atoms with van der Waals surface area (Å²) in [7, 11) is 0. The van der Waals surface area contributed by atoms with Gasteiger partial charge in [-0.25, -0.2) is 0 Å². The van der Waals surface area contributed by atoms with Gasteiger partial charge in [-0.05, 0) is 293 Å². The van der Waals surface area contributed by atoms with Gasteiger partial charge >= 0.3 is 0 Å². The fourth-order valence-corrected chi connectivity index (χ4v) is 19.0. The van der Waals surface area contributed by atoms with E-state index in [1.165, 1.54) is 244 Å². The normalized spacial score (nSPS) is 33.1. The predicted octanol–water partition coefficient (Wildman–Crippen LogP) is 29.1. The summed E-state index contributed by atoms with van der Waals surface area (Å²) in [4.78, 5) is 0. The van der Waals surface area contributed by atoms with Crippen LogP contribution in [0.5, 0.6) is 0 Å². The second kappa shape index (κ2) is 35.1. The van der Waals surface area contributed by atoms with Crippen LogP contribution in [0.4, 0.5) is 0 Å². The van der Waals surface area contributed by atoms with Crippen molar-refractivity contribution in [2.24, 2.45) is 103 Å². The molecule has 8 atom stereocenters. The molecule has 0 heteroatoms. The van der Waals surface area contributed by atoms with Crippen LogP contribution in [0.1, 0.15) is 341 Å². The first-order valence-corrected chi connectivity index (χ1v) is 40.7. The minimum absolute atomic E-state index is 0.462. The molecular weight excluding hydrogens is 1110 g/mol. The Balaban J connectivity index is 0.000000138. The topological polar surface area (TPSA) is 0 Å². The standard InChI is InChI=1S/C15H26.2C14H22.2C13H20.C12H20.C11H18/c1-13(2)14-8-7-11-15(12-14)9-5-3-4-6-10-15;1-12(2)13-6-10-14(11-7-13)8-4-3-5-9-14;1-12(2)13-7-6-10-14(11-13)8-4-3-5-9-14;1-11(2)12-5-9-13(10-6-12)7-3-4-8-13;1-11(2)12-6-5-9-13(10-12)7-3-4-8-13;1-10(2)11-4-8-12(9-5-11)6-3-7-12;1-9(2)10-3-5-11(6-4-10)7-8-11/h12-13H,3-11H2,1-2H3;4,6,8,10,12-13H,3,5,7,9,11H2,1-2H3;4,8,11-12H,3,5-7,9-10H2,1-2H3;3,5,7,9,11-12H,4,6,8,10H2,1-2H3;3,7,10-11H,4-6,8-9H2,1-2H3;4,8,10-11H,3,5-7,9H2,1-2H3;3,5,9-10H,4,6-8H2,1-2H3. The summed E-state index contributed by atoms with van der Waals surface area (Å²) < 4.78 is 0. The Bertz CT molecular complexity index is 2550. The van der Waals surface area contributed by atoms with Gasteiger partial charge in [0.05, 0.1) is 0 Å². The van der Waals surface area contributed by atoms with Crippen molar-refractivity contribution in [3.05, 3.63) is 132 Å². The molecule has 8 unspecified atom stereocenters. The molecule has 0 bridgehead atoms. The average molecular weight is 1250 g/mol. The van der Waals surface area contributed by atoms with Gasteiger partial charge in [0.1, 0.15) is 0 Å². The first kappa shape index (κ1) is 74.9. The highest BCUT2D eigenvalue weighted by atomic mass is 14.5. The molecule has 0 N–H and O–H groups in total. The molecule has 7 spiro atoms. The first-order valence-electron chi connectivity index (χ1n) is 40.7. The van der Waals surface area contributed by atoms with E-state index in [4.69, 9.17) is 0 Å². The number of allylic oxidation sites excluding steroid dienone is 22. The SMILES string of the molecule is CC(C)C1=CC2(C=CCC2)CCC1.CC(C)C1=CC2(C=CCCC2)CCC1.CC(C)C1=CC2(CCCCCC2)CCC1.CC(C)C1C=CC2(C=CCC2)CC1.CC(C)C1C=CC2(C=CCCC2)CC1.CC(C)C1C=CC2(CC1)CC2.CC(C)C1C=CC2(CCC2)CC1. The van der Waals surface area contributed by atoms with Crippen molar-refractivity contribution >= 4 is 0 Å². The lowest BCUT2D eigenvalue weighted by atomic mass is 9.62. The van der Waals surface area contributed by atoms with Crippen molar-refractivity contribution in [1.29, 1.82) is 0 Å². The van der Waals surface area contributed by atoms with Crippen molar-refractivity contribution in [3.8, 4) is 0 Å². The van der Waals surface area contributed by atoms with Gasteiger partial charge < -0.3 is 0 Å². The zero-order valence-electron chi connectivity index (χ0n) is 63.2. The van der Waals surface area contributed by atoms with E-state index in [0.717, 1.165) is 65.1 Å². The lowest BCUT2D eigenvalue weighted by molar-refractivity contribution is 0.156.